The molecule has 2 amide bonds. The molecular formula is C21H28N3O2+. The molecule has 0 bridgehead atoms. The van der Waals surface area contributed by atoms with E-state index >= 15 is 0 Å². The van der Waals surface area contributed by atoms with Crippen LogP contribution in [0, 0.1) is 20.8 Å². The Morgan fingerprint density at radius 3 is 2.12 bits per heavy atom. The van der Waals surface area contributed by atoms with Crippen LogP contribution in [0.1, 0.15) is 22.3 Å². The Kier molecular flexibility index (Phi) is 6.92. The third-order valence-electron chi connectivity index (χ3n) is 4.20. The van der Waals surface area contributed by atoms with Crippen LogP contribution in [0.5, 0.6) is 0 Å². The number of nitrogens with one attached hydrogen (secondary N) is 3. The van der Waals surface area contributed by atoms with Crippen LogP contribution in [-0.2, 0) is 16.1 Å². The van der Waals surface area contributed by atoms with Crippen molar-refractivity contribution in [1.29, 1.82) is 0 Å². The van der Waals surface area contributed by atoms with Crippen molar-refractivity contribution in [1.82, 2.24) is 5.32 Å². The quantitative estimate of drug-likeness (QED) is 0.703. The highest BCUT2D eigenvalue weighted by molar-refractivity contribution is 5.93. The Balaban J connectivity index is 1.81. The van der Waals surface area contributed by atoms with Crippen molar-refractivity contribution < 1.29 is 14.5 Å². The molecule has 0 saturated heterocycles. The number of anilines is 1. The van der Waals surface area contributed by atoms with E-state index in [0.717, 1.165) is 27.3 Å². The van der Waals surface area contributed by atoms with Gasteiger partial charge in [-0.2, -0.15) is 0 Å². The molecule has 2 aromatic rings. The van der Waals surface area contributed by atoms with Gasteiger partial charge in [0.15, 0.2) is 13.1 Å². The van der Waals surface area contributed by atoms with Crippen LogP contribution in [-0.4, -0.2) is 32.0 Å². The summed E-state index contributed by atoms with van der Waals surface area (Å²) in [6.45, 7) is 7.02. The summed E-state index contributed by atoms with van der Waals surface area (Å²) in [4.78, 5) is 25.2. The van der Waals surface area contributed by atoms with Crippen molar-refractivity contribution in [3.63, 3.8) is 0 Å². The third kappa shape index (κ3) is 6.01. The molecule has 138 valence electrons. The highest BCUT2D eigenvalue weighted by Crippen LogP contribution is 2.21. The van der Waals surface area contributed by atoms with Crippen molar-refractivity contribution in [3.8, 4) is 0 Å². The Morgan fingerprint density at radius 2 is 1.50 bits per heavy atom. The molecule has 0 aliphatic carbocycles. The van der Waals surface area contributed by atoms with E-state index in [-0.39, 0.29) is 24.9 Å². The first kappa shape index (κ1) is 19.7. The number of benzene rings is 2. The number of rotatable bonds is 7. The highest BCUT2D eigenvalue weighted by Gasteiger charge is 2.15. The summed E-state index contributed by atoms with van der Waals surface area (Å²) in [5.74, 6) is -0.157. The van der Waals surface area contributed by atoms with E-state index in [0.29, 0.717) is 6.54 Å². The summed E-state index contributed by atoms with van der Waals surface area (Å²) in [6.07, 6.45) is 0. The van der Waals surface area contributed by atoms with E-state index in [1.807, 2.05) is 58.2 Å². The van der Waals surface area contributed by atoms with Crippen LogP contribution in [0.15, 0.2) is 42.5 Å². The molecule has 26 heavy (non-hydrogen) atoms. The molecule has 0 aliphatic rings. The van der Waals surface area contributed by atoms with Gasteiger partial charge >= 0.3 is 0 Å². The van der Waals surface area contributed by atoms with Gasteiger partial charge in [0, 0.05) is 12.2 Å². The van der Waals surface area contributed by atoms with Gasteiger partial charge in [0.1, 0.15) is 0 Å². The van der Waals surface area contributed by atoms with Gasteiger partial charge in [0.05, 0.1) is 7.05 Å². The van der Waals surface area contributed by atoms with Crippen molar-refractivity contribution in [2.45, 2.75) is 27.3 Å². The predicted octanol–water partition coefficient (Wildman–Crippen LogP) is 1.38. The molecule has 1 atom stereocenters. The van der Waals surface area contributed by atoms with Gasteiger partial charge in [0.2, 0.25) is 0 Å². The number of quaternary nitrogens is 1. The van der Waals surface area contributed by atoms with Crippen molar-refractivity contribution >= 4 is 17.5 Å². The Hall–Kier alpha value is -2.66. The maximum atomic E-state index is 12.3. The normalized spacial score (nSPS) is 11.7. The fraction of sp³-hybridized carbons (Fsp3) is 0.333. The summed E-state index contributed by atoms with van der Waals surface area (Å²) in [7, 11) is 1.84. The number of amides is 2. The van der Waals surface area contributed by atoms with E-state index in [9.17, 15) is 9.59 Å². The van der Waals surface area contributed by atoms with Crippen LogP contribution < -0.4 is 15.5 Å². The average Bonchev–Trinajstić information content (AvgIpc) is 2.57. The first-order valence-electron chi connectivity index (χ1n) is 8.84. The second kappa shape index (κ2) is 9.15. The van der Waals surface area contributed by atoms with Gasteiger partial charge in [-0.15, -0.1) is 0 Å². The zero-order chi connectivity index (χ0) is 19.1. The summed E-state index contributed by atoms with van der Waals surface area (Å²) in [6, 6.07) is 13.9. The molecule has 5 nitrogen and oxygen atoms in total. The second-order valence-electron chi connectivity index (χ2n) is 6.89. The van der Waals surface area contributed by atoms with Crippen molar-refractivity contribution in [3.05, 3.63) is 64.7 Å². The Morgan fingerprint density at radius 1 is 0.923 bits per heavy atom. The molecule has 0 radical (unpaired) electrons. The van der Waals surface area contributed by atoms with Crippen LogP contribution in [0.4, 0.5) is 5.69 Å². The molecule has 0 saturated carbocycles. The van der Waals surface area contributed by atoms with Gasteiger partial charge in [-0.25, -0.2) is 0 Å². The molecule has 1 unspecified atom stereocenters. The molecule has 0 aromatic heterocycles. The van der Waals surface area contributed by atoms with E-state index < -0.39 is 0 Å². The number of carbonyl (C=O) groups is 2. The Labute approximate surface area is 155 Å². The fourth-order valence-corrected chi connectivity index (χ4v) is 3.03. The molecule has 5 heteroatoms. The Bertz CT molecular complexity index is 749. The largest absolute Gasteiger partial charge is 0.347 e. The van der Waals surface area contributed by atoms with Gasteiger partial charge in [-0.1, -0.05) is 48.0 Å². The van der Waals surface area contributed by atoms with Crippen molar-refractivity contribution in [2.75, 3.05) is 25.5 Å². The van der Waals surface area contributed by atoms with Gasteiger partial charge in [-0.3, -0.25) is 9.59 Å². The lowest BCUT2D eigenvalue weighted by atomic mass is 10.1. The summed E-state index contributed by atoms with van der Waals surface area (Å²) >= 11 is 0. The molecule has 0 heterocycles. The van der Waals surface area contributed by atoms with Crippen LogP contribution in [0.3, 0.4) is 0 Å². The number of hydrogen-bond acceptors (Lipinski definition) is 2. The maximum Gasteiger partial charge on any atom is 0.279 e. The first-order chi connectivity index (χ1) is 12.3. The van der Waals surface area contributed by atoms with Crippen LogP contribution >= 0.6 is 0 Å². The molecule has 3 N–H and O–H groups in total. The molecule has 0 aliphatic heterocycles. The second-order valence-corrected chi connectivity index (χ2v) is 6.89. The number of likely N-dealkylation sites (N-methyl/N-ethyl adjacent to an activating group) is 1. The molecule has 0 spiro atoms. The number of hydrogen-bond donors (Lipinski definition) is 3. The first-order valence-corrected chi connectivity index (χ1v) is 8.84. The monoisotopic (exact) mass is 354 g/mol. The molecule has 0 fully saturated rings. The topological polar surface area (TPSA) is 62.6 Å². The summed E-state index contributed by atoms with van der Waals surface area (Å²) in [5, 5.41) is 5.86. The SMILES string of the molecule is Cc1cc(C)c(NC(=O)C[NH+](C)CC(=O)NCc2ccccc2)c(C)c1. The number of carbonyl (C=O) groups excluding carboxylic acids is 2. The lowest BCUT2D eigenvalue weighted by Crippen LogP contribution is -3.11. The molecular weight excluding hydrogens is 326 g/mol. The van der Waals surface area contributed by atoms with Crippen LogP contribution in [0.25, 0.3) is 0 Å². The maximum absolute atomic E-state index is 12.3. The molecule has 2 aromatic carbocycles. The van der Waals surface area contributed by atoms with Crippen molar-refractivity contribution in [2.24, 2.45) is 0 Å². The van der Waals surface area contributed by atoms with Gasteiger partial charge < -0.3 is 15.5 Å². The molecule has 2 rings (SSSR count). The minimum absolute atomic E-state index is 0.0677. The van der Waals surface area contributed by atoms with Crippen LogP contribution in [0.2, 0.25) is 0 Å². The summed E-state index contributed by atoms with van der Waals surface area (Å²) < 4.78 is 0. The van der Waals surface area contributed by atoms with E-state index in [1.165, 1.54) is 5.56 Å². The predicted molar refractivity (Wildman–Crippen MR) is 104 cm³/mol. The standard InChI is InChI=1S/C21H27N3O2/c1-15-10-16(2)21(17(3)11-15)23-20(26)14-24(4)13-19(25)22-12-18-8-6-5-7-9-18/h5-11H,12-14H2,1-4H3,(H,22,25)(H,23,26)/p+1. The fourth-order valence-electron chi connectivity index (χ4n) is 3.03. The van der Waals surface area contributed by atoms with Gasteiger partial charge in [0.25, 0.3) is 11.8 Å². The third-order valence-corrected chi connectivity index (χ3v) is 4.20. The zero-order valence-electron chi connectivity index (χ0n) is 16.0. The van der Waals surface area contributed by atoms with Gasteiger partial charge in [-0.05, 0) is 37.5 Å². The highest BCUT2D eigenvalue weighted by atomic mass is 16.2. The van der Waals surface area contributed by atoms with E-state index in [4.69, 9.17) is 0 Å². The summed E-state index contributed by atoms with van der Waals surface area (Å²) in [5.41, 5.74) is 5.20. The number of aryl methyl sites for hydroxylation is 3. The minimum Gasteiger partial charge on any atom is -0.347 e. The zero-order valence-corrected chi connectivity index (χ0v) is 16.0. The average molecular weight is 354 g/mol. The minimum atomic E-state index is -0.0894. The lowest BCUT2D eigenvalue weighted by molar-refractivity contribution is -0.862. The smallest absolute Gasteiger partial charge is 0.279 e. The lowest BCUT2D eigenvalue weighted by Gasteiger charge is -2.16. The van der Waals surface area contributed by atoms with E-state index in [2.05, 4.69) is 22.8 Å². The van der Waals surface area contributed by atoms with E-state index in [1.54, 1.807) is 0 Å².